The van der Waals surface area contributed by atoms with Crippen LogP contribution in [0.25, 0.3) is 0 Å². The molecule has 0 saturated carbocycles. The van der Waals surface area contributed by atoms with Crippen molar-refractivity contribution in [2.24, 2.45) is 5.84 Å². The molecule has 3 N–H and O–H groups in total. The fourth-order valence-corrected chi connectivity index (χ4v) is 1.77. The van der Waals surface area contributed by atoms with Gasteiger partial charge in [-0.2, -0.15) is 0 Å². The molecule has 2 aromatic rings. The van der Waals surface area contributed by atoms with E-state index in [1.165, 1.54) is 6.07 Å². The lowest BCUT2D eigenvalue weighted by molar-refractivity contribution is 0.503. The molecule has 0 aliphatic carbocycles. The molecule has 0 bridgehead atoms. The molecule has 5 heteroatoms. The zero-order chi connectivity index (χ0) is 13.1. The summed E-state index contributed by atoms with van der Waals surface area (Å²) < 4.78 is 26.1. The van der Waals surface area contributed by atoms with E-state index in [4.69, 9.17) is 5.84 Å². The first-order valence-corrected chi connectivity index (χ1v) is 5.46. The molecule has 2 rings (SSSR count). The van der Waals surface area contributed by atoms with Crippen LogP contribution in [-0.2, 0) is 0 Å². The van der Waals surface area contributed by atoms with Crippen molar-refractivity contribution in [1.29, 1.82) is 0 Å². The molecule has 1 aromatic heterocycles. The maximum atomic E-state index is 13.2. The zero-order valence-corrected chi connectivity index (χ0v) is 9.82. The molecule has 94 valence electrons. The summed E-state index contributed by atoms with van der Waals surface area (Å²) in [5, 5.41) is 0. The van der Waals surface area contributed by atoms with Gasteiger partial charge >= 0.3 is 0 Å². The van der Waals surface area contributed by atoms with Crippen LogP contribution in [0.2, 0.25) is 0 Å². The second kappa shape index (κ2) is 5.20. The monoisotopic (exact) mass is 249 g/mol. The zero-order valence-electron chi connectivity index (χ0n) is 9.82. The Morgan fingerprint density at radius 2 is 1.94 bits per heavy atom. The number of nitrogens with two attached hydrogens (primary N) is 1. The van der Waals surface area contributed by atoms with Gasteiger partial charge in [0.25, 0.3) is 0 Å². The van der Waals surface area contributed by atoms with Crippen molar-refractivity contribution < 1.29 is 8.78 Å². The van der Waals surface area contributed by atoms with Crippen molar-refractivity contribution in [2.45, 2.75) is 13.0 Å². The average molecular weight is 249 g/mol. The number of rotatable bonds is 3. The van der Waals surface area contributed by atoms with Gasteiger partial charge in [-0.25, -0.2) is 14.2 Å². The van der Waals surface area contributed by atoms with Crippen LogP contribution >= 0.6 is 0 Å². The molecule has 0 radical (unpaired) electrons. The van der Waals surface area contributed by atoms with Crippen molar-refractivity contribution in [3.05, 3.63) is 65.0 Å². The Kier molecular flexibility index (Phi) is 3.64. The first kappa shape index (κ1) is 12.6. The van der Waals surface area contributed by atoms with E-state index in [-0.39, 0.29) is 0 Å². The Morgan fingerprint density at radius 3 is 2.56 bits per heavy atom. The molecule has 0 amide bonds. The van der Waals surface area contributed by atoms with E-state index < -0.39 is 17.7 Å². The van der Waals surface area contributed by atoms with Gasteiger partial charge < -0.3 is 0 Å². The number of aromatic nitrogens is 1. The second-order valence-electron chi connectivity index (χ2n) is 3.98. The van der Waals surface area contributed by atoms with E-state index in [0.29, 0.717) is 11.3 Å². The first-order valence-electron chi connectivity index (χ1n) is 5.46. The minimum absolute atomic E-state index is 0.472. The van der Waals surface area contributed by atoms with E-state index >= 15 is 0 Å². The fourth-order valence-electron chi connectivity index (χ4n) is 1.77. The SMILES string of the molecule is Cc1cccc(C(NN)c2ccc(F)c(F)c2)n1. The quantitative estimate of drug-likeness (QED) is 0.647. The van der Waals surface area contributed by atoms with Crippen LogP contribution in [0.5, 0.6) is 0 Å². The van der Waals surface area contributed by atoms with E-state index in [1.807, 2.05) is 19.1 Å². The van der Waals surface area contributed by atoms with Crippen LogP contribution in [0.3, 0.4) is 0 Å². The van der Waals surface area contributed by atoms with E-state index in [0.717, 1.165) is 17.8 Å². The molecule has 0 saturated heterocycles. The van der Waals surface area contributed by atoms with Gasteiger partial charge in [0.05, 0.1) is 11.7 Å². The lowest BCUT2D eigenvalue weighted by Crippen LogP contribution is -2.29. The normalized spacial score (nSPS) is 12.4. The molecule has 1 heterocycles. The molecule has 0 aliphatic rings. The van der Waals surface area contributed by atoms with Crippen LogP contribution in [0, 0.1) is 18.6 Å². The van der Waals surface area contributed by atoms with Crippen LogP contribution in [0.1, 0.15) is 23.0 Å². The van der Waals surface area contributed by atoms with Crippen LogP contribution in [0.15, 0.2) is 36.4 Å². The van der Waals surface area contributed by atoms with Crippen LogP contribution < -0.4 is 11.3 Å². The number of halogens is 2. The van der Waals surface area contributed by atoms with Crippen molar-refractivity contribution in [1.82, 2.24) is 10.4 Å². The highest BCUT2D eigenvalue weighted by Crippen LogP contribution is 2.21. The van der Waals surface area contributed by atoms with Gasteiger partial charge in [-0.3, -0.25) is 10.8 Å². The molecule has 1 aromatic carbocycles. The second-order valence-corrected chi connectivity index (χ2v) is 3.98. The lowest BCUT2D eigenvalue weighted by Gasteiger charge is -2.16. The van der Waals surface area contributed by atoms with Gasteiger partial charge in [0.15, 0.2) is 11.6 Å². The standard InChI is InChI=1S/C13H13F2N3/c1-8-3-2-4-12(17-8)13(18-16)9-5-6-10(14)11(15)7-9/h2-7,13,18H,16H2,1H3. The van der Waals surface area contributed by atoms with Gasteiger partial charge in [-0.1, -0.05) is 12.1 Å². The number of hydrogen-bond donors (Lipinski definition) is 2. The Morgan fingerprint density at radius 1 is 1.17 bits per heavy atom. The van der Waals surface area contributed by atoms with Crippen molar-refractivity contribution in [3.8, 4) is 0 Å². The van der Waals surface area contributed by atoms with Gasteiger partial charge in [-0.05, 0) is 36.8 Å². The Labute approximate surface area is 104 Å². The molecule has 0 spiro atoms. The topological polar surface area (TPSA) is 50.9 Å². The smallest absolute Gasteiger partial charge is 0.159 e. The molecule has 18 heavy (non-hydrogen) atoms. The third-order valence-corrected chi connectivity index (χ3v) is 2.65. The van der Waals surface area contributed by atoms with Gasteiger partial charge in [0.1, 0.15) is 0 Å². The largest absolute Gasteiger partial charge is 0.271 e. The minimum atomic E-state index is -0.902. The predicted molar refractivity (Wildman–Crippen MR) is 64.5 cm³/mol. The maximum absolute atomic E-state index is 13.2. The first-order chi connectivity index (χ1) is 8.61. The number of aryl methyl sites for hydroxylation is 1. The summed E-state index contributed by atoms with van der Waals surface area (Å²) in [5.74, 6) is 3.68. The van der Waals surface area contributed by atoms with Crippen molar-refractivity contribution >= 4 is 0 Å². The number of nitrogens with zero attached hydrogens (tertiary/aromatic N) is 1. The Bertz CT molecular complexity index is 558. The summed E-state index contributed by atoms with van der Waals surface area (Å²) in [6.07, 6.45) is 0. The maximum Gasteiger partial charge on any atom is 0.159 e. The van der Waals surface area contributed by atoms with Gasteiger partial charge in [-0.15, -0.1) is 0 Å². The predicted octanol–water partition coefficient (Wildman–Crippen LogP) is 2.22. The lowest BCUT2D eigenvalue weighted by atomic mass is 10.0. The molecular formula is C13H13F2N3. The van der Waals surface area contributed by atoms with Gasteiger partial charge in [0, 0.05) is 5.69 Å². The van der Waals surface area contributed by atoms with Crippen LogP contribution in [-0.4, -0.2) is 4.98 Å². The highest BCUT2D eigenvalue weighted by Gasteiger charge is 2.15. The van der Waals surface area contributed by atoms with E-state index in [9.17, 15) is 8.78 Å². The number of hydrogen-bond acceptors (Lipinski definition) is 3. The summed E-state index contributed by atoms with van der Waals surface area (Å²) in [5.41, 5.74) is 4.56. The van der Waals surface area contributed by atoms with Crippen molar-refractivity contribution in [2.75, 3.05) is 0 Å². The summed E-state index contributed by atoms with van der Waals surface area (Å²) in [6.45, 7) is 1.85. The number of nitrogens with one attached hydrogen (secondary N) is 1. The number of hydrazine groups is 1. The van der Waals surface area contributed by atoms with Crippen molar-refractivity contribution in [3.63, 3.8) is 0 Å². The third kappa shape index (κ3) is 2.52. The summed E-state index contributed by atoms with van der Waals surface area (Å²) >= 11 is 0. The molecule has 0 fully saturated rings. The van der Waals surface area contributed by atoms with E-state index in [1.54, 1.807) is 6.07 Å². The summed E-state index contributed by atoms with van der Waals surface area (Å²) in [4.78, 5) is 4.31. The van der Waals surface area contributed by atoms with Gasteiger partial charge in [0.2, 0.25) is 0 Å². The molecule has 3 nitrogen and oxygen atoms in total. The fraction of sp³-hybridized carbons (Fsp3) is 0.154. The highest BCUT2D eigenvalue weighted by atomic mass is 19.2. The Hall–Kier alpha value is -1.85. The Balaban J connectivity index is 2.42. The molecule has 1 atom stereocenters. The molecular weight excluding hydrogens is 236 g/mol. The highest BCUT2D eigenvalue weighted by molar-refractivity contribution is 5.29. The van der Waals surface area contributed by atoms with E-state index in [2.05, 4.69) is 10.4 Å². The number of benzene rings is 1. The number of pyridine rings is 1. The average Bonchev–Trinajstić information content (AvgIpc) is 2.35. The minimum Gasteiger partial charge on any atom is -0.271 e. The third-order valence-electron chi connectivity index (χ3n) is 2.65. The summed E-state index contributed by atoms with van der Waals surface area (Å²) in [6, 6.07) is 8.66. The summed E-state index contributed by atoms with van der Waals surface area (Å²) in [7, 11) is 0. The molecule has 0 aliphatic heterocycles. The molecule has 1 unspecified atom stereocenters. The van der Waals surface area contributed by atoms with Crippen LogP contribution in [0.4, 0.5) is 8.78 Å².